The minimum atomic E-state index is 0.268. The van der Waals surface area contributed by atoms with Crippen molar-refractivity contribution in [1.29, 1.82) is 5.26 Å². The van der Waals surface area contributed by atoms with Gasteiger partial charge in [0.15, 0.2) is 0 Å². The SMILES string of the molecule is Cc1cc(N)ccc1C#CCC#N. The summed E-state index contributed by atoms with van der Waals surface area (Å²) in [6, 6.07) is 7.52. The van der Waals surface area contributed by atoms with E-state index in [1.165, 1.54) is 0 Å². The lowest BCUT2D eigenvalue weighted by atomic mass is 10.1. The summed E-state index contributed by atoms with van der Waals surface area (Å²) in [6.07, 6.45) is 0.268. The third kappa shape index (κ3) is 2.54. The van der Waals surface area contributed by atoms with Crippen LogP contribution in [0.3, 0.4) is 0 Å². The molecule has 0 heterocycles. The fourth-order valence-electron chi connectivity index (χ4n) is 1.01. The van der Waals surface area contributed by atoms with E-state index in [0.29, 0.717) is 0 Å². The Morgan fingerprint density at radius 1 is 1.46 bits per heavy atom. The van der Waals surface area contributed by atoms with Crippen molar-refractivity contribution in [2.45, 2.75) is 13.3 Å². The maximum Gasteiger partial charge on any atom is 0.0966 e. The zero-order chi connectivity index (χ0) is 9.68. The highest BCUT2D eigenvalue weighted by molar-refractivity contribution is 5.50. The molecule has 0 aromatic heterocycles. The number of nitrogens with zero attached hydrogens (tertiary/aromatic N) is 1. The Labute approximate surface area is 78.0 Å². The first-order valence-corrected chi connectivity index (χ1v) is 3.96. The van der Waals surface area contributed by atoms with Gasteiger partial charge in [0.25, 0.3) is 0 Å². The molecule has 0 spiro atoms. The average molecular weight is 170 g/mol. The second-order valence-electron chi connectivity index (χ2n) is 2.71. The molecule has 0 saturated carbocycles. The summed E-state index contributed by atoms with van der Waals surface area (Å²) < 4.78 is 0. The lowest BCUT2D eigenvalue weighted by Crippen LogP contribution is -1.87. The number of nitrogen functional groups attached to an aromatic ring is 1. The number of rotatable bonds is 0. The van der Waals surface area contributed by atoms with Gasteiger partial charge in [-0.25, -0.2) is 0 Å². The fraction of sp³-hybridized carbons (Fsp3) is 0.182. The Bertz CT molecular complexity index is 402. The van der Waals surface area contributed by atoms with E-state index in [0.717, 1.165) is 16.8 Å². The molecular weight excluding hydrogens is 160 g/mol. The van der Waals surface area contributed by atoms with Crippen LogP contribution in [0.4, 0.5) is 5.69 Å². The van der Waals surface area contributed by atoms with Crippen molar-refractivity contribution in [2.75, 3.05) is 5.73 Å². The molecule has 0 aliphatic rings. The first kappa shape index (κ1) is 9.16. The summed E-state index contributed by atoms with van der Waals surface area (Å²) in [5.74, 6) is 5.67. The predicted molar refractivity (Wildman–Crippen MR) is 52.7 cm³/mol. The number of anilines is 1. The second-order valence-corrected chi connectivity index (χ2v) is 2.71. The molecule has 0 bridgehead atoms. The van der Waals surface area contributed by atoms with Gasteiger partial charge < -0.3 is 5.73 Å². The summed E-state index contributed by atoms with van der Waals surface area (Å²) in [4.78, 5) is 0. The maximum absolute atomic E-state index is 8.29. The zero-order valence-electron chi connectivity index (χ0n) is 7.46. The van der Waals surface area contributed by atoms with Gasteiger partial charge in [-0.05, 0) is 30.7 Å². The summed E-state index contributed by atoms with van der Waals surface area (Å²) in [5.41, 5.74) is 8.30. The van der Waals surface area contributed by atoms with Crippen molar-refractivity contribution < 1.29 is 0 Å². The molecule has 0 fully saturated rings. The van der Waals surface area contributed by atoms with Crippen LogP contribution >= 0.6 is 0 Å². The summed E-state index contributed by atoms with van der Waals surface area (Å²) in [7, 11) is 0. The molecule has 64 valence electrons. The highest BCUT2D eigenvalue weighted by Gasteiger charge is 1.93. The number of aryl methyl sites for hydroxylation is 1. The quantitative estimate of drug-likeness (QED) is 0.477. The van der Waals surface area contributed by atoms with Gasteiger partial charge in [0.1, 0.15) is 0 Å². The van der Waals surface area contributed by atoms with Gasteiger partial charge in [0, 0.05) is 11.3 Å². The van der Waals surface area contributed by atoms with E-state index >= 15 is 0 Å². The highest BCUT2D eigenvalue weighted by atomic mass is 14.5. The van der Waals surface area contributed by atoms with Crippen LogP contribution in [0.2, 0.25) is 0 Å². The van der Waals surface area contributed by atoms with Crippen LogP contribution in [0.15, 0.2) is 18.2 Å². The third-order valence-electron chi connectivity index (χ3n) is 1.64. The van der Waals surface area contributed by atoms with Crippen LogP contribution in [0.25, 0.3) is 0 Å². The smallest absolute Gasteiger partial charge is 0.0966 e. The van der Waals surface area contributed by atoms with Gasteiger partial charge in [-0.1, -0.05) is 11.8 Å². The van der Waals surface area contributed by atoms with E-state index in [2.05, 4.69) is 11.8 Å². The summed E-state index contributed by atoms with van der Waals surface area (Å²) in [5, 5.41) is 8.29. The Kier molecular flexibility index (Phi) is 2.95. The molecule has 2 nitrogen and oxygen atoms in total. The largest absolute Gasteiger partial charge is 0.399 e. The lowest BCUT2D eigenvalue weighted by Gasteiger charge is -1.98. The van der Waals surface area contributed by atoms with Crippen molar-refractivity contribution >= 4 is 5.69 Å². The maximum atomic E-state index is 8.29. The molecule has 0 aliphatic carbocycles. The first-order chi connectivity index (χ1) is 6.24. The van der Waals surface area contributed by atoms with Crippen molar-refractivity contribution in [3.63, 3.8) is 0 Å². The van der Waals surface area contributed by atoms with Gasteiger partial charge in [-0.2, -0.15) is 5.26 Å². The van der Waals surface area contributed by atoms with Gasteiger partial charge in [0.2, 0.25) is 0 Å². The molecule has 0 saturated heterocycles. The number of nitrogens with two attached hydrogens (primary N) is 1. The molecule has 2 N–H and O–H groups in total. The van der Waals surface area contributed by atoms with Crippen molar-refractivity contribution in [1.82, 2.24) is 0 Å². The van der Waals surface area contributed by atoms with E-state index < -0.39 is 0 Å². The molecule has 0 unspecified atom stereocenters. The van der Waals surface area contributed by atoms with E-state index in [-0.39, 0.29) is 6.42 Å². The Hall–Kier alpha value is -1.93. The van der Waals surface area contributed by atoms with Crippen LogP contribution < -0.4 is 5.73 Å². The van der Waals surface area contributed by atoms with Crippen LogP contribution in [-0.4, -0.2) is 0 Å². The van der Waals surface area contributed by atoms with Crippen LogP contribution in [0, 0.1) is 30.1 Å². The molecule has 13 heavy (non-hydrogen) atoms. The minimum Gasteiger partial charge on any atom is -0.399 e. The van der Waals surface area contributed by atoms with Crippen LogP contribution in [0.5, 0.6) is 0 Å². The standard InChI is InChI=1S/C11H10N2/c1-9-8-11(13)6-5-10(9)4-2-3-7-12/h5-6,8H,3,13H2,1H3. The molecule has 0 amide bonds. The van der Waals surface area contributed by atoms with Gasteiger partial charge in [-0.3, -0.25) is 0 Å². The van der Waals surface area contributed by atoms with Crippen LogP contribution in [-0.2, 0) is 0 Å². The number of hydrogen-bond acceptors (Lipinski definition) is 2. The summed E-state index contributed by atoms with van der Waals surface area (Å²) >= 11 is 0. The van der Waals surface area contributed by atoms with E-state index in [4.69, 9.17) is 11.0 Å². The summed E-state index contributed by atoms with van der Waals surface area (Å²) in [6.45, 7) is 1.95. The lowest BCUT2D eigenvalue weighted by molar-refractivity contribution is 1.39. The molecule has 2 heteroatoms. The third-order valence-corrected chi connectivity index (χ3v) is 1.64. The van der Waals surface area contributed by atoms with Gasteiger partial charge >= 0.3 is 0 Å². The van der Waals surface area contributed by atoms with Crippen molar-refractivity contribution in [2.24, 2.45) is 0 Å². The molecule has 0 atom stereocenters. The predicted octanol–water partition coefficient (Wildman–Crippen LogP) is 1.84. The first-order valence-electron chi connectivity index (χ1n) is 3.96. The minimum absolute atomic E-state index is 0.268. The number of nitriles is 1. The monoisotopic (exact) mass is 170 g/mol. The topological polar surface area (TPSA) is 49.8 Å². The Morgan fingerprint density at radius 2 is 2.23 bits per heavy atom. The van der Waals surface area contributed by atoms with E-state index in [1.807, 2.05) is 31.2 Å². The number of benzene rings is 1. The Morgan fingerprint density at radius 3 is 2.85 bits per heavy atom. The zero-order valence-corrected chi connectivity index (χ0v) is 7.46. The second kappa shape index (κ2) is 4.18. The van der Waals surface area contributed by atoms with Gasteiger partial charge in [-0.15, -0.1) is 0 Å². The van der Waals surface area contributed by atoms with Crippen LogP contribution in [0.1, 0.15) is 17.5 Å². The fourth-order valence-corrected chi connectivity index (χ4v) is 1.01. The Balaban J connectivity index is 2.93. The van der Waals surface area contributed by atoms with Gasteiger partial charge in [0.05, 0.1) is 12.5 Å². The molecule has 0 aliphatic heterocycles. The van der Waals surface area contributed by atoms with Crippen molar-refractivity contribution in [3.8, 4) is 17.9 Å². The number of hydrogen-bond donors (Lipinski definition) is 1. The van der Waals surface area contributed by atoms with E-state index in [1.54, 1.807) is 0 Å². The average Bonchev–Trinajstić information content (AvgIpc) is 2.09. The van der Waals surface area contributed by atoms with E-state index in [9.17, 15) is 0 Å². The molecule has 1 aromatic carbocycles. The molecule has 1 aromatic rings. The van der Waals surface area contributed by atoms with Crippen molar-refractivity contribution in [3.05, 3.63) is 29.3 Å². The molecule has 1 rings (SSSR count). The molecular formula is C11H10N2. The molecule has 0 radical (unpaired) electrons. The highest BCUT2D eigenvalue weighted by Crippen LogP contribution is 2.10. The normalized spacial score (nSPS) is 8.31.